The largest absolute Gasteiger partial charge is 0.369 e. The van der Waals surface area contributed by atoms with Crippen molar-refractivity contribution in [3.05, 3.63) is 60.2 Å². The summed E-state index contributed by atoms with van der Waals surface area (Å²) < 4.78 is 0. The number of hydrogen-bond acceptors (Lipinski definition) is 3. The van der Waals surface area contributed by atoms with Gasteiger partial charge >= 0.3 is 0 Å². The van der Waals surface area contributed by atoms with Crippen molar-refractivity contribution in [3.63, 3.8) is 0 Å². The number of nitrogens with two attached hydrogens (primary N) is 1. The summed E-state index contributed by atoms with van der Waals surface area (Å²) >= 11 is 0. The van der Waals surface area contributed by atoms with Gasteiger partial charge < -0.3 is 5.73 Å². The molecular formula is C21H20N4O. The van der Waals surface area contributed by atoms with Gasteiger partial charge in [-0.2, -0.15) is 0 Å². The van der Waals surface area contributed by atoms with Crippen molar-refractivity contribution in [2.45, 2.75) is 25.2 Å². The monoisotopic (exact) mass is 344 g/mol. The van der Waals surface area contributed by atoms with Gasteiger partial charge in [0.15, 0.2) is 5.96 Å². The van der Waals surface area contributed by atoms with Crippen LogP contribution >= 0.6 is 0 Å². The summed E-state index contributed by atoms with van der Waals surface area (Å²) in [6, 6.07) is 18.3. The van der Waals surface area contributed by atoms with Crippen molar-refractivity contribution in [2.24, 2.45) is 10.7 Å². The normalized spacial score (nSPS) is 14.8. The van der Waals surface area contributed by atoms with Crippen molar-refractivity contribution < 1.29 is 4.79 Å². The molecule has 0 atom stereocenters. The van der Waals surface area contributed by atoms with Gasteiger partial charge in [-0.25, -0.2) is 9.98 Å². The number of carbonyl (C=O) groups is 1. The molecule has 0 radical (unpaired) electrons. The molecule has 1 saturated carbocycles. The third-order valence-electron chi connectivity index (χ3n) is 4.93. The molecule has 0 aliphatic heterocycles. The van der Waals surface area contributed by atoms with Crippen LogP contribution in [0.4, 0.5) is 5.69 Å². The summed E-state index contributed by atoms with van der Waals surface area (Å²) in [6.07, 6.45) is 4.42. The predicted octanol–water partition coefficient (Wildman–Crippen LogP) is 3.86. The first-order valence-corrected chi connectivity index (χ1v) is 8.79. The molecule has 1 aliphatic rings. The summed E-state index contributed by atoms with van der Waals surface area (Å²) in [6.45, 7) is 0. The number of nitrogens with one attached hydrogen (secondary N) is 1. The van der Waals surface area contributed by atoms with Crippen molar-refractivity contribution >= 4 is 29.0 Å². The maximum Gasteiger partial charge on any atom is 0.213 e. The number of aliphatic imine (C=N–C) groups is 1. The van der Waals surface area contributed by atoms with Crippen LogP contribution in [0.3, 0.4) is 0 Å². The van der Waals surface area contributed by atoms with Crippen molar-refractivity contribution in [3.8, 4) is 11.3 Å². The van der Waals surface area contributed by atoms with E-state index in [9.17, 15) is 4.79 Å². The van der Waals surface area contributed by atoms with Crippen molar-refractivity contribution in [1.82, 2.24) is 10.3 Å². The van der Waals surface area contributed by atoms with Gasteiger partial charge in [0.2, 0.25) is 6.41 Å². The molecule has 4 rings (SSSR count). The van der Waals surface area contributed by atoms with E-state index in [1.165, 1.54) is 24.8 Å². The molecule has 1 fully saturated rings. The molecule has 0 saturated heterocycles. The van der Waals surface area contributed by atoms with Gasteiger partial charge in [0.1, 0.15) is 0 Å². The van der Waals surface area contributed by atoms with E-state index in [2.05, 4.69) is 34.6 Å². The average Bonchev–Trinajstić information content (AvgIpc) is 2.61. The standard InChI is InChI=1S/C21H20N4O/c22-21(23-13-26)25-20-12-19(24-18-7-2-1-6-17(18)20)16-10-8-15(9-11-16)14-4-3-5-14/h1-2,6-14H,3-5H2,(H3,22,23,24,25,26). The first-order chi connectivity index (χ1) is 12.7. The first-order valence-electron chi connectivity index (χ1n) is 8.79. The smallest absolute Gasteiger partial charge is 0.213 e. The first kappa shape index (κ1) is 16.3. The minimum absolute atomic E-state index is 0.0580. The van der Waals surface area contributed by atoms with Gasteiger partial charge in [0, 0.05) is 10.9 Å². The lowest BCUT2D eigenvalue weighted by Gasteiger charge is -2.25. The fourth-order valence-electron chi connectivity index (χ4n) is 3.29. The highest BCUT2D eigenvalue weighted by Gasteiger charge is 2.19. The summed E-state index contributed by atoms with van der Waals surface area (Å²) in [5, 5.41) is 3.26. The molecule has 0 spiro atoms. The number of carbonyl (C=O) groups excluding carboxylic acids is 1. The molecule has 5 heteroatoms. The Kier molecular flexibility index (Phi) is 4.35. The second-order valence-corrected chi connectivity index (χ2v) is 6.55. The molecule has 1 amide bonds. The fourth-order valence-corrected chi connectivity index (χ4v) is 3.29. The minimum atomic E-state index is 0.0580. The molecule has 130 valence electrons. The van der Waals surface area contributed by atoms with Crippen LogP contribution in [0.2, 0.25) is 0 Å². The van der Waals surface area contributed by atoms with Crippen LogP contribution in [-0.2, 0) is 4.79 Å². The van der Waals surface area contributed by atoms with Gasteiger partial charge in [-0.3, -0.25) is 10.1 Å². The summed E-state index contributed by atoms with van der Waals surface area (Å²) in [5.41, 5.74) is 10.6. The van der Waals surface area contributed by atoms with Gasteiger partial charge in [0.25, 0.3) is 0 Å². The second-order valence-electron chi connectivity index (χ2n) is 6.55. The number of rotatable bonds is 4. The lowest BCUT2D eigenvalue weighted by Crippen LogP contribution is -2.29. The zero-order valence-electron chi connectivity index (χ0n) is 14.4. The van der Waals surface area contributed by atoms with Crippen LogP contribution in [-0.4, -0.2) is 17.4 Å². The number of aromatic nitrogens is 1. The van der Waals surface area contributed by atoms with E-state index in [1.807, 2.05) is 30.3 Å². The molecular weight excluding hydrogens is 324 g/mol. The molecule has 0 unspecified atom stereocenters. The fraction of sp³-hybridized carbons (Fsp3) is 0.190. The molecule has 1 heterocycles. The Hall–Kier alpha value is -3.21. The van der Waals surface area contributed by atoms with Crippen LogP contribution in [0, 0.1) is 0 Å². The van der Waals surface area contributed by atoms with Crippen LogP contribution in [0.25, 0.3) is 22.2 Å². The number of guanidine groups is 1. The SMILES string of the molecule is NC(=Nc1cc(-c2ccc(C3CCC3)cc2)nc2ccccc12)NC=O. The Morgan fingerprint density at radius 1 is 1.15 bits per heavy atom. The summed E-state index contributed by atoms with van der Waals surface area (Å²) in [5.74, 6) is 0.769. The minimum Gasteiger partial charge on any atom is -0.369 e. The number of benzene rings is 2. The third-order valence-corrected chi connectivity index (χ3v) is 4.93. The highest BCUT2D eigenvalue weighted by Crippen LogP contribution is 2.37. The van der Waals surface area contributed by atoms with Gasteiger partial charge in [0.05, 0.1) is 16.9 Å². The third kappa shape index (κ3) is 3.16. The van der Waals surface area contributed by atoms with Gasteiger partial charge in [-0.1, -0.05) is 48.9 Å². The lowest BCUT2D eigenvalue weighted by atomic mass is 9.80. The van der Waals surface area contributed by atoms with Crippen LogP contribution in [0.1, 0.15) is 30.7 Å². The number of nitrogens with zero attached hydrogens (tertiary/aromatic N) is 2. The molecule has 3 N–H and O–H groups in total. The number of fused-ring (bicyclic) bond motifs is 1. The Balaban J connectivity index is 1.77. The van der Waals surface area contributed by atoms with Crippen LogP contribution < -0.4 is 11.1 Å². The highest BCUT2D eigenvalue weighted by atomic mass is 16.1. The Labute approximate surface area is 152 Å². The molecule has 3 aromatic rings. The predicted molar refractivity (Wildman–Crippen MR) is 104 cm³/mol. The van der Waals surface area contributed by atoms with E-state index >= 15 is 0 Å². The molecule has 5 nitrogen and oxygen atoms in total. The number of amides is 1. The Morgan fingerprint density at radius 2 is 1.92 bits per heavy atom. The molecule has 0 bridgehead atoms. The van der Waals surface area contributed by atoms with E-state index in [0.29, 0.717) is 18.0 Å². The van der Waals surface area contributed by atoms with Crippen LogP contribution in [0.5, 0.6) is 0 Å². The number of pyridine rings is 1. The number of hydrogen-bond donors (Lipinski definition) is 2. The van der Waals surface area contributed by atoms with Gasteiger partial charge in [-0.15, -0.1) is 0 Å². The lowest BCUT2D eigenvalue weighted by molar-refractivity contribution is -0.108. The summed E-state index contributed by atoms with van der Waals surface area (Å²) in [7, 11) is 0. The molecule has 1 aliphatic carbocycles. The van der Waals surface area contributed by atoms with Gasteiger partial charge in [-0.05, 0) is 36.5 Å². The number of para-hydroxylation sites is 1. The quantitative estimate of drug-likeness (QED) is 0.428. The van der Waals surface area contributed by atoms with Crippen molar-refractivity contribution in [1.29, 1.82) is 0 Å². The topological polar surface area (TPSA) is 80.4 Å². The maximum atomic E-state index is 10.6. The van der Waals surface area contributed by atoms with E-state index < -0.39 is 0 Å². The Bertz CT molecular complexity index is 975. The molecule has 26 heavy (non-hydrogen) atoms. The van der Waals surface area contributed by atoms with Crippen LogP contribution in [0.15, 0.2) is 59.6 Å². The second kappa shape index (κ2) is 6.96. The zero-order valence-corrected chi connectivity index (χ0v) is 14.4. The Morgan fingerprint density at radius 3 is 2.62 bits per heavy atom. The average molecular weight is 344 g/mol. The molecule has 2 aromatic carbocycles. The van der Waals surface area contributed by atoms with E-state index in [4.69, 9.17) is 10.7 Å². The van der Waals surface area contributed by atoms with E-state index in [0.717, 1.165) is 22.2 Å². The molecule has 1 aromatic heterocycles. The summed E-state index contributed by atoms with van der Waals surface area (Å²) in [4.78, 5) is 19.7. The highest BCUT2D eigenvalue weighted by molar-refractivity contribution is 5.97. The maximum absolute atomic E-state index is 10.6. The van der Waals surface area contributed by atoms with E-state index in [-0.39, 0.29) is 5.96 Å². The van der Waals surface area contributed by atoms with E-state index in [1.54, 1.807) is 0 Å². The zero-order chi connectivity index (χ0) is 17.9. The van der Waals surface area contributed by atoms with Crippen molar-refractivity contribution in [2.75, 3.05) is 0 Å².